The number of benzene rings is 1. The number of H-pyrrole nitrogens is 1. The number of hydrogen-bond donors (Lipinski definition) is 1. The molecule has 1 N–H and O–H groups in total. The monoisotopic (exact) mass is 427 g/mol. The van der Waals surface area contributed by atoms with Gasteiger partial charge >= 0.3 is 0 Å². The first-order chi connectivity index (χ1) is 14.9. The van der Waals surface area contributed by atoms with Gasteiger partial charge in [-0.2, -0.15) is 5.21 Å². The van der Waals surface area contributed by atoms with Crippen LogP contribution in [0, 0.1) is 0 Å². The molecule has 1 aromatic carbocycles. The second-order valence-corrected chi connectivity index (χ2v) is 9.47. The minimum Gasteiger partial charge on any atom is -0.306 e. The number of rotatable bonds is 14. The van der Waals surface area contributed by atoms with Crippen LogP contribution in [-0.4, -0.2) is 32.1 Å². The van der Waals surface area contributed by atoms with Crippen molar-refractivity contribution in [1.82, 2.24) is 20.6 Å². The van der Waals surface area contributed by atoms with E-state index in [1.807, 2.05) is 11.0 Å². The van der Waals surface area contributed by atoms with Crippen LogP contribution in [0.25, 0.3) is 0 Å². The third-order valence-corrected chi connectivity index (χ3v) is 5.65. The van der Waals surface area contributed by atoms with Gasteiger partial charge in [-0.05, 0) is 45.2 Å². The van der Waals surface area contributed by atoms with Crippen molar-refractivity contribution < 1.29 is 4.79 Å². The Morgan fingerprint density at radius 1 is 0.935 bits per heavy atom. The first kappa shape index (κ1) is 25.0. The zero-order valence-corrected chi connectivity index (χ0v) is 20.0. The lowest BCUT2D eigenvalue weighted by atomic mass is 9.98. The summed E-state index contributed by atoms with van der Waals surface area (Å²) in [6.45, 7) is 8.47. The summed E-state index contributed by atoms with van der Waals surface area (Å²) in [6.07, 6.45) is 14.4. The molecule has 0 unspecified atom stereocenters. The molecule has 31 heavy (non-hydrogen) atoms. The minimum absolute atomic E-state index is 0.00979. The van der Waals surface area contributed by atoms with Crippen LogP contribution in [0.5, 0.6) is 0 Å². The molecule has 0 aliphatic rings. The van der Waals surface area contributed by atoms with Gasteiger partial charge in [-0.25, -0.2) is 0 Å². The van der Waals surface area contributed by atoms with Gasteiger partial charge in [0, 0.05) is 11.2 Å². The van der Waals surface area contributed by atoms with Crippen LogP contribution in [0.15, 0.2) is 24.3 Å². The normalized spacial score (nSPS) is 11.6. The van der Waals surface area contributed by atoms with Crippen molar-refractivity contribution in [2.45, 2.75) is 110 Å². The summed E-state index contributed by atoms with van der Waals surface area (Å²) in [6, 6.07) is 8.30. The first-order valence-electron chi connectivity index (χ1n) is 12.1. The van der Waals surface area contributed by atoms with E-state index in [1.54, 1.807) is 0 Å². The Kier molecular flexibility index (Phi) is 10.7. The molecule has 0 saturated heterocycles. The number of amides is 1. The molecular weight excluding hydrogens is 386 g/mol. The Labute approximate surface area is 188 Å². The maximum absolute atomic E-state index is 13.2. The molecule has 0 fully saturated rings. The number of hydrogen-bond acceptors (Lipinski definition) is 4. The topological polar surface area (TPSA) is 74.8 Å². The number of carbonyl (C=O) groups is 1. The highest BCUT2D eigenvalue weighted by Crippen LogP contribution is 2.29. The predicted octanol–water partition coefficient (Wildman–Crippen LogP) is 6.04. The van der Waals surface area contributed by atoms with Crippen molar-refractivity contribution in [3.8, 4) is 0 Å². The maximum Gasteiger partial charge on any atom is 0.235 e. The molecule has 2 rings (SSSR count). The van der Waals surface area contributed by atoms with E-state index < -0.39 is 0 Å². The zero-order valence-electron chi connectivity index (χ0n) is 20.0. The molecule has 172 valence electrons. The van der Waals surface area contributed by atoms with Crippen LogP contribution < -0.4 is 4.90 Å². The summed E-state index contributed by atoms with van der Waals surface area (Å²) >= 11 is 0. The van der Waals surface area contributed by atoms with Crippen LogP contribution in [-0.2, 0) is 17.6 Å². The van der Waals surface area contributed by atoms with Crippen molar-refractivity contribution in [3.63, 3.8) is 0 Å². The Morgan fingerprint density at radius 3 is 2.13 bits per heavy atom. The molecule has 0 atom stereocenters. The van der Waals surface area contributed by atoms with E-state index in [9.17, 15) is 4.79 Å². The van der Waals surface area contributed by atoms with Gasteiger partial charge in [-0.15, -0.1) is 10.2 Å². The molecule has 0 spiro atoms. The number of nitrogens with zero attached hydrogens (tertiary/aromatic N) is 4. The number of carbonyl (C=O) groups excluding carboxylic acids is 1. The lowest BCUT2D eigenvalue weighted by molar-refractivity contribution is -0.119. The summed E-state index contributed by atoms with van der Waals surface area (Å²) in [5.74, 6) is 0.413. The second kappa shape index (κ2) is 13.2. The van der Waals surface area contributed by atoms with E-state index in [-0.39, 0.29) is 17.9 Å². The maximum atomic E-state index is 13.2. The van der Waals surface area contributed by atoms with Crippen molar-refractivity contribution in [3.05, 3.63) is 35.7 Å². The van der Waals surface area contributed by atoms with E-state index in [0.29, 0.717) is 5.82 Å². The standard InChI is InChI=1S/C25H41N5O/c1-5-6-7-8-9-10-11-12-13-14-17-21-18-15-16-19-22(21)30(25(2,3)4)24(31)20-23-26-28-29-27-23/h15-16,18-19H,5-14,17,20H2,1-4H3,(H,26,27,28,29). The number of tetrazole rings is 1. The molecule has 0 saturated carbocycles. The van der Waals surface area contributed by atoms with Gasteiger partial charge in [0.25, 0.3) is 0 Å². The minimum atomic E-state index is -0.339. The fraction of sp³-hybridized carbons (Fsp3) is 0.680. The Hall–Kier alpha value is -2.24. The molecule has 6 heteroatoms. The Morgan fingerprint density at radius 2 is 1.55 bits per heavy atom. The van der Waals surface area contributed by atoms with E-state index in [2.05, 4.69) is 66.5 Å². The summed E-state index contributed by atoms with van der Waals surface area (Å²) < 4.78 is 0. The van der Waals surface area contributed by atoms with Crippen molar-refractivity contribution >= 4 is 11.6 Å². The molecular formula is C25H41N5O. The van der Waals surface area contributed by atoms with E-state index in [4.69, 9.17) is 0 Å². The molecule has 0 aliphatic carbocycles. The number of aromatic amines is 1. The summed E-state index contributed by atoms with van der Waals surface area (Å²) in [7, 11) is 0. The third kappa shape index (κ3) is 8.80. The average molecular weight is 428 g/mol. The summed E-state index contributed by atoms with van der Waals surface area (Å²) in [4.78, 5) is 15.1. The number of para-hydroxylation sites is 1. The number of aryl methyl sites for hydroxylation is 1. The molecule has 0 aliphatic heterocycles. The number of anilines is 1. The molecule has 0 bridgehead atoms. The highest BCUT2D eigenvalue weighted by Gasteiger charge is 2.30. The molecule has 1 heterocycles. The van der Waals surface area contributed by atoms with Crippen molar-refractivity contribution in [2.24, 2.45) is 0 Å². The largest absolute Gasteiger partial charge is 0.306 e. The van der Waals surface area contributed by atoms with Gasteiger partial charge < -0.3 is 4.90 Å². The van der Waals surface area contributed by atoms with Gasteiger partial charge in [-0.3, -0.25) is 4.79 Å². The Bertz CT molecular complexity index is 752. The van der Waals surface area contributed by atoms with Gasteiger partial charge in [0.15, 0.2) is 5.82 Å². The fourth-order valence-electron chi connectivity index (χ4n) is 4.08. The molecule has 2 aromatic rings. The van der Waals surface area contributed by atoms with Crippen LogP contribution >= 0.6 is 0 Å². The fourth-order valence-corrected chi connectivity index (χ4v) is 4.08. The highest BCUT2D eigenvalue weighted by atomic mass is 16.2. The summed E-state index contributed by atoms with van der Waals surface area (Å²) in [5.41, 5.74) is 1.90. The van der Waals surface area contributed by atoms with Gasteiger partial charge in [0.05, 0.1) is 6.42 Å². The van der Waals surface area contributed by atoms with E-state index >= 15 is 0 Å². The molecule has 1 aromatic heterocycles. The third-order valence-electron chi connectivity index (χ3n) is 5.65. The predicted molar refractivity (Wildman–Crippen MR) is 127 cm³/mol. The lowest BCUT2D eigenvalue weighted by Crippen LogP contribution is -2.47. The number of aromatic nitrogens is 4. The highest BCUT2D eigenvalue weighted by molar-refractivity contribution is 5.96. The SMILES string of the molecule is CCCCCCCCCCCCc1ccccc1N(C(=O)Cc1nn[nH]n1)C(C)(C)C. The first-order valence-corrected chi connectivity index (χ1v) is 12.1. The molecule has 0 radical (unpaired) electrons. The van der Waals surface area contributed by atoms with Gasteiger partial charge in [0.1, 0.15) is 0 Å². The van der Waals surface area contributed by atoms with Gasteiger partial charge in [0.2, 0.25) is 5.91 Å². The zero-order chi connectivity index (χ0) is 22.5. The number of nitrogens with one attached hydrogen (secondary N) is 1. The lowest BCUT2D eigenvalue weighted by Gasteiger charge is -2.37. The second-order valence-electron chi connectivity index (χ2n) is 9.47. The quantitative estimate of drug-likeness (QED) is 0.373. The van der Waals surface area contributed by atoms with Gasteiger partial charge in [-0.1, -0.05) is 88.1 Å². The molecule has 6 nitrogen and oxygen atoms in total. The van der Waals surface area contributed by atoms with E-state index in [0.717, 1.165) is 18.5 Å². The van der Waals surface area contributed by atoms with Crippen molar-refractivity contribution in [2.75, 3.05) is 4.90 Å². The van der Waals surface area contributed by atoms with Crippen LogP contribution in [0.2, 0.25) is 0 Å². The van der Waals surface area contributed by atoms with Crippen LogP contribution in [0.4, 0.5) is 5.69 Å². The average Bonchev–Trinajstić information content (AvgIpc) is 3.22. The number of unbranched alkanes of at least 4 members (excludes halogenated alkanes) is 9. The molecule has 1 amide bonds. The summed E-state index contributed by atoms with van der Waals surface area (Å²) in [5, 5.41) is 13.9. The van der Waals surface area contributed by atoms with Crippen LogP contribution in [0.1, 0.15) is 103 Å². The van der Waals surface area contributed by atoms with Crippen molar-refractivity contribution in [1.29, 1.82) is 0 Å². The Balaban J connectivity index is 1.89. The smallest absolute Gasteiger partial charge is 0.235 e. The van der Waals surface area contributed by atoms with Crippen LogP contribution in [0.3, 0.4) is 0 Å². The van der Waals surface area contributed by atoms with E-state index in [1.165, 1.54) is 63.4 Å².